The molecule has 1 saturated heterocycles. The molecule has 1 fully saturated rings. The number of aliphatic carboxylic acids is 1. The molecule has 1 aliphatic heterocycles. The first-order chi connectivity index (χ1) is 13.5. The van der Waals surface area contributed by atoms with Crippen LogP contribution in [0.2, 0.25) is 13.1 Å². The van der Waals surface area contributed by atoms with Gasteiger partial charge in [0, 0.05) is 24.9 Å². The molecule has 1 heterocycles. The molecule has 1 radical (unpaired) electrons. The van der Waals surface area contributed by atoms with Gasteiger partial charge in [-0.05, 0) is 42.1 Å². The molecule has 4 unspecified atom stereocenters. The molecule has 1 aromatic carbocycles. The fourth-order valence-electron chi connectivity index (χ4n) is 4.63. The molecule has 0 bridgehead atoms. The molecule has 0 aromatic heterocycles. The highest BCUT2D eigenvalue weighted by atomic mass is 28.3. The zero-order valence-corrected chi connectivity index (χ0v) is 19.9. The minimum atomic E-state index is -0.948. The van der Waals surface area contributed by atoms with Crippen LogP contribution in [-0.2, 0) is 9.22 Å². The summed E-state index contributed by atoms with van der Waals surface area (Å²) in [6, 6.07) is 6.24. The van der Waals surface area contributed by atoms with Gasteiger partial charge in [-0.2, -0.15) is 0 Å². The fourth-order valence-corrected chi connectivity index (χ4v) is 5.66. The fraction of sp³-hybridized carbons (Fsp3) is 0.696. The largest absolute Gasteiger partial charge is 0.480 e. The molecular weight excluding hydrogens is 385 g/mol. The minimum Gasteiger partial charge on any atom is -0.480 e. The summed E-state index contributed by atoms with van der Waals surface area (Å²) in [7, 11) is -0.948. The van der Waals surface area contributed by atoms with Crippen LogP contribution in [0.5, 0.6) is 0 Å². The van der Waals surface area contributed by atoms with Crippen molar-refractivity contribution < 1.29 is 18.7 Å². The van der Waals surface area contributed by atoms with Crippen LogP contribution in [0.1, 0.15) is 52.5 Å². The van der Waals surface area contributed by atoms with Gasteiger partial charge >= 0.3 is 5.97 Å². The van der Waals surface area contributed by atoms with Gasteiger partial charge in [-0.15, -0.1) is 0 Å². The molecular formula is C23H37FNO3Si. The van der Waals surface area contributed by atoms with Crippen molar-refractivity contribution in [2.45, 2.75) is 72.2 Å². The van der Waals surface area contributed by atoms with E-state index >= 15 is 0 Å². The lowest BCUT2D eigenvalue weighted by atomic mass is 9.75. The maximum absolute atomic E-state index is 14.0. The maximum atomic E-state index is 14.0. The number of halogens is 1. The second kappa shape index (κ2) is 9.71. The molecule has 163 valence electrons. The standard InChI is InChI=1S/C23H37FNO3Si/c1-8-15(2)20(22(26)27)25-13-18(16-10-9-11-17(24)12-16)19(14-25)21(23(3,4)5)28-29(6)7/h9-12,15,18-21H,8,13-14H2,1-7H3,(H,26,27)/t15?,18?,19?,20?,21-/m1/s1. The van der Waals surface area contributed by atoms with Crippen molar-refractivity contribution in [3.63, 3.8) is 0 Å². The monoisotopic (exact) mass is 422 g/mol. The molecule has 0 spiro atoms. The number of benzene rings is 1. The van der Waals surface area contributed by atoms with Crippen molar-refractivity contribution in [3.8, 4) is 0 Å². The summed E-state index contributed by atoms with van der Waals surface area (Å²) >= 11 is 0. The van der Waals surface area contributed by atoms with Crippen LogP contribution in [0, 0.1) is 23.1 Å². The molecule has 1 aliphatic rings. The zero-order chi connectivity index (χ0) is 21.9. The Labute approximate surface area is 177 Å². The number of likely N-dealkylation sites (tertiary alicyclic amines) is 1. The Morgan fingerprint density at radius 2 is 2.00 bits per heavy atom. The van der Waals surface area contributed by atoms with E-state index in [-0.39, 0.29) is 35.1 Å². The Kier molecular flexibility index (Phi) is 8.05. The lowest BCUT2D eigenvalue weighted by molar-refractivity contribution is -0.145. The van der Waals surface area contributed by atoms with Gasteiger partial charge in [-0.25, -0.2) is 4.39 Å². The third kappa shape index (κ3) is 5.89. The van der Waals surface area contributed by atoms with E-state index in [1.165, 1.54) is 6.07 Å². The average Bonchev–Trinajstić information content (AvgIpc) is 3.02. The molecule has 1 N–H and O–H groups in total. The van der Waals surface area contributed by atoms with E-state index in [0.717, 1.165) is 12.0 Å². The predicted octanol–water partition coefficient (Wildman–Crippen LogP) is 5.02. The third-order valence-electron chi connectivity index (χ3n) is 6.10. The summed E-state index contributed by atoms with van der Waals surface area (Å²) in [6.45, 7) is 16.1. The van der Waals surface area contributed by atoms with Crippen molar-refractivity contribution in [3.05, 3.63) is 35.6 Å². The summed E-state index contributed by atoms with van der Waals surface area (Å²) < 4.78 is 20.5. The van der Waals surface area contributed by atoms with Crippen LogP contribution in [0.25, 0.3) is 0 Å². The maximum Gasteiger partial charge on any atom is 0.321 e. The van der Waals surface area contributed by atoms with Crippen LogP contribution >= 0.6 is 0 Å². The van der Waals surface area contributed by atoms with E-state index in [0.29, 0.717) is 13.1 Å². The van der Waals surface area contributed by atoms with Crippen molar-refractivity contribution in [2.75, 3.05) is 13.1 Å². The van der Waals surface area contributed by atoms with Crippen molar-refractivity contribution in [1.29, 1.82) is 0 Å². The minimum absolute atomic E-state index is 0.0176. The normalized spacial score (nSPS) is 23.9. The molecule has 29 heavy (non-hydrogen) atoms. The zero-order valence-electron chi connectivity index (χ0n) is 18.9. The summed E-state index contributed by atoms with van der Waals surface area (Å²) in [4.78, 5) is 14.2. The van der Waals surface area contributed by atoms with Crippen LogP contribution in [0.4, 0.5) is 4.39 Å². The Morgan fingerprint density at radius 3 is 2.48 bits per heavy atom. The van der Waals surface area contributed by atoms with Crippen molar-refractivity contribution in [2.24, 2.45) is 17.3 Å². The molecule has 0 saturated carbocycles. The van der Waals surface area contributed by atoms with E-state index in [9.17, 15) is 14.3 Å². The van der Waals surface area contributed by atoms with Gasteiger partial charge < -0.3 is 9.53 Å². The van der Waals surface area contributed by atoms with E-state index in [4.69, 9.17) is 4.43 Å². The number of hydrogen-bond donors (Lipinski definition) is 1. The van der Waals surface area contributed by atoms with Crippen molar-refractivity contribution >= 4 is 15.0 Å². The second-order valence-corrected chi connectivity index (χ2v) is 11.8. The number of nitrogens with zero attached hydrogens (tertiary/aromatic N) is 1. The molecule has 4 nitrogen and oxygen atoms in total. The van der Waals surface area contributed by atoms with E-state index in [2.05, 4.69) is 38.8 Å². The molecule has 0 amide bonds. The molecule has 0 aliphatic carbocycles. The Balaban J connectivity index is 2.47. The molecule has 2 rings (SSSR count). The number of carbonyl (C=O) groups is 1. The smallest absolute Gasteiger partial charge is 0.321 e. The summed E-state index contributed by atoms with van der Waals surface area (Å²) in [6.07, 6.45) is 0.787. The van der Waals surface area contributed by atoms with Crippen LogP contribution in [-0.4, -0.2) is 50.3 Å². The number of carboxylic acids is 1. The lowest BCUT2D eigenvalue weighted by Gasteiger charge is -2.39. The summed E-state index contributed by atoms with van der Waals surface area (Å²) in [5.41, 5.74) is 0.841. The highest BCUT2D eigenvalue weighted by molar-refractivity contribution is 6.48. The van der Waals surface area contributed by atoms with Gasteiger partial charge in [0.2, 0.25) is 9.04 Å². The second-order valence-electron chi connectivity index (χ2n) is 9.76. The van der Waals surface area contributed by atoms with Crippen LogP contribution in [0.3, 0.4) is 0 Å². The quantitative estimate of drug-likeness (QED) is 0.598. The van der Waals surface area contributed by atoms with Gasteiger partial charge in [0.15, 0.2) is 0 Å². The molecule has 6 heteroatoms. The van der Waals surface area contributed by atoms with E-state index in [1.807, 2.05) is 19.9 Å². The van der Waals surface area contributed by atoms with Crippen LogP contribution in [0.15, 0.2) is 24.3 Å². The van der Waals surface area contributed by atoms with Crippen LogP contribution < -0.4 is 0 Å². The predicted molar refractivity (Wildman–Crippen MR) is 117 cm³/mol. The number of carboxylic acid groups (broad SMARTS) is 1. The van der Waals surface area contributed by atoms with Gasteiger partial charge in [0.25, 0.3) is 0 Å². The van der Waals surface area contributed by atoms with Crippen molar-refractivity contribution in [1.82, 2.24) is 4.90 Å². The first-order valence-corrected chi connectivity index (χ1v) is 13.1. The van der Waals surface area contributed by atoms with Gasteiger partial charge in [0.05, 0.1) is 6.10 Å². The van der Waals surface area contributed by atoms with Gasteiger partial charge in [0.1, 0.15) is 11.9 Å². The van der Waals surface area contributed by atoms with Gasteiger partial charge in [-0.1, -0.05) is 53.2 Å². The molecule has 5 atom stereocenters. The first-order valence-electron chi connectivity index (χ1n) is 10.6. The number of hydrogen-bond acceptors (Lipinski definition) is 3. The molecule has 1 aromatic rings. The highest BCUT2D eigenvalue weighted by Gasteiger charge is 2.47. The third-order valence-corrected chi connectivity index (χ3v) is 6.83. The van der Waals surface area contributed by atoms with Gasteiger partial charge in [-0.3, -0.25) is 9.69 Å². The first kappa shape index (κ1) is 24.0. The Bertz CT molecular complexity index is 691. The Hall–Kier alpha value is -1.24. The summed E-state index contributed by atoms with van der Waals surface area (Å²) in [5, 5.41) is 9.94. The lowest BCUT2D eigenvalue weighted by Crippen LogP contribution is -2.46. The van der Waals surface area contributed by atoms with E-state index < -0.39 is 21.1 Å². The Morgan fingerprint density at radius 1 is 1.34 bits per heavy atom. The number of rotatable bonds is 8. The SMILES string of the molecule is CCC(C)C(C(=O)O)N1CC(c2cccc(F)c2)C([C@@H](O[Si](C)C)C(C)(C)C)C1. The van der Waals surface area contributed by atoms with E-state index in [1.54, 1.807) is 12.1 Å². The summed E-state index contributed by atoms with van der Waals surface area (Å²) in [5.74, 6) is -0.822. The highest BCUT2D eigenvalue weighted by Crippen LogP contribution is 2.43. The average molecular weight is 423 g/mol. The topological polar surface area (TPSA) is 49.8 Å².